The van der Waals surface area contributed by atoms with Gasteiger partial charge in [0.2, 0.25) is 11.8 Å². The Bertz CT molecular complexity index is 712. The van der Waals surface area contributed by atoms with E-state index in [1.54, 1.807) is 6.07 Å². The van der Waals surface area contributed by atoms with Crippen LogP contribution in [0.2, 0.25) is 0 Å². The van der Waals surface area contributed by atoms with E-state index in [1.807, 2.05) is 37.2 Å². The van der Waals surface area contributed by atoms with E-state index >= 15 is 0 Å². The number of hydrogen-bond donors (Lipinski definition) is 2. The molecule has 2 rings (SSSR count). The Hall–Kier alpha value is -3.09. The molecule has 0 aliphatic carbocycles. The molecule has 1 aliphatic rings. The van der Waals surface area contributed by atoms with Crippen molar-refractivity contribution in [2.75, 3.05) is 30.9 Å². The Balaban J connectivity index is 2.20. The molecule has 0 saturated carbocycles. The lowest BCUT2D eigenvalue weighted by molar-refractivity contribution is -0.140. The van der Waals surface area contributed by atoms with Crippen molar-refractivity contribution < 1.29 is 14.4 Å². The maximum atomic E-state index is 12.4. The number of hydrogen-bond acceptors (Lipinski definition) is 5. The topological polar surface area (TPSA) is 81.8 Å². The maximum Gasteiger partial charge on any atom is 0.331 e. The molecule has 1 fully saturated rings. The molecule has 126 valence electrons. The molecular formula is C17H20N4O3. The Morgan fingerprint density at radius 3 is 2.71 bits per heavy atom. The first-order valence-corrected chi connectivity index (χ1v) is 7.35. The van der Waals surface area contributed by atoms with Crippen LogP contribution in [0.4, 0.5) is 16.2 Å². The van der Waals surface area contributed by atoms with Gasteiger partial charge in [-0.15, -0.1) is 6.58 Å². The second kappa shape index (κ2) is 6.99. The second-order valence-electron chi connectivity index (χ2n) is 5.56. The lowest BCUT2D eigenvalue weighted by Gasteiger charge is -2.30. The summed E-state index contributed by atoms with van der Waals surface area (Å²) in [4.78, 5) is 39.1. The molecule has 0 spiro atoms. The summed E-state index contributed by atoms with van der Waals surface area (Å²) in [5, 5.41) is 5.14. The van der Waals surface area contributed by atoms with Gasteiger partial charge in [-0.2, -0.15) is 0 Å². The van der Waals surface area contributed by atoms with Crippen LogP contribution < -0.4 is 15.5 Å². The van der Waals surface area contributed by atoms with Gasteiger partial charge in [0.05, 0.1) is 0 Å². The molecule has 7 heteroatoms. The normalized spacial score (nSPS) is 17.3. The van der Waals surface area contributed by atoms with Crippen molar-refractivity contribution in [2.24, 2.45) is 5.92 Å². The van der Waals surface area contributed by atoms with Gasteiger partial charge in [-0.25, -0.2) is 4.79 Å². The van der Waals surface area contributed by atoms with Crippen molar-refractivity contribution in [1.29, 1.82) is 0 Å². The van der Waals surface area contributed by atoms with E-state index in [4.69, 9.17) is 0 Å². The fraction of sp³-hybridized carbons (Fsp3) is 0.235. The molecule has 1 heterocycles. The zero-order valence-electron chi connectivity index (χ0n) is 13.7. The molecule has 1 aromatic carbocycles. The summed E-state index contributed by atoms with van der Waals surface area (Å²) in [7, 11) is 3.82. The standard InChI is InChI=1S/C17H20N4O3/c1-5-9-21-16(23)14(15(22)19-17(21)24)11(2)18-12-7-6-8-13(10-12)20(3)4/h5-8,10,14,18H,1-2,9H2,3-4H3,(H,19,22,24)/t14-/m0/s1. The minimum Gasteiger partial charge on any atom is -0.378 e. The maximum absolute atomic E-state index is 12.4. The summed E-state index contributed by atoms with van der Waals surface area (Å²) in [5.41, 5.74) is 1.85. The van der Waals surface area contributed by atoms with Gasteiger partial charge in [0.1, 0.15) is 0 Å². The molecule has 2 N–H and O–H groups in total. The Labute approximate surface area is 140 Å². The van der Waals surface area contributed by atoms with Gasteiger partial charge in [-0.1, -0.05) is 18.7 Å². The molecule has 0 bridgehead atoms. The summed E-state index contributed by atoms with van der Waals surface area (Å²) in [6.07, 6.45) is 1.42. The number of rotatable bonds is 6. The van der Waals surface area contributed by atoms with Crippen molar-refractivity contribution in [3.63, 3.8) is 0 Å². The zero-order chi connectivity index (χ0) is 17.9. The molecule has 0 aromatic heterocycles. The first-order valence-electron chi connectivity index (χ1n) is 7.35. The summed E-state index contributed by atoms with van der Waals surface area (Å²) < 4.78 is 0. The molecule has 7 nitrogen and oxygen atoms in total. The lowest BCUT2D eigenvalue weighted by Crippen LogP contribution is -2.58. The number of nitrogens with zero attached hydrogens (tertiary/aromatic N) is 2. The fourth-order valence-corrected chi connectivity index (χ4v) is 2.34. The number of urea groups is 1. The second-order valence-corrected chi connectivity index (χ2v) is 5.56. The van der Waals surface area contributed by atoms with Crippen LogP contribution in [0.3, 0.4) is 0 Å². The SMILES string of the molecule is C=CCN1C(=O)NC(=O)[C@H](C(=C)Nc2cccc(N(C)C)c2)C1=O. The molecular weight excluding hydrogens is 308 g/mol. The van der Waals surface area contributed by atoms with E-state index in [0.717, 1.165) is 10.6 Å². The van der Waals surface area contributed by atoms with Crippen LogP contribution in [0.1, 0.15) is 0 Å². The number of imide groups is 2. The smallest absolute Gasteiger partial charge is 0.331 e. The van der Waals surface area contributed by atoms with Gasteiger partial charge >= 0.3 is 6.03 Å². The van der Waals surface area contributed by atoms with Crippen LogP contribution in [0.5, 0.6) is 0 Å². The van der Waals surface area contributed by atoms with Crippen LogP contribution in [-0.4, -0.2) is 43.4 Å². The Kier molecular flexibility index (Phi) is 5.03. The molecule has 0 unspecified atom stereocenters. The van der Waals surface area contributed by atoms with E-state index in [2.05, 4.69) is 23.8 Å². The van der Waals surface area contributed by atoms with Crippen LogP contribution >= 0.6 is 0 Å². The van der Waals surface area contributed by atoms with Crippen molar-refractivity contribution in [3.8, 4) is 0 Å². The quantitative estimate of drug-likeness (QED) is 0.612. The number of benzene rings is 1. The van der Waals surface area contributed by atoms with Gasteiger partial charge < -0.3 is 10.2 Å². The molecule has 0 radical (unpaired) electrons. The average molecular weight is 328 g/mol. The summed E-state index contributed by atoms with van der Waals surface area (Å²) in [6.45, 7) is 7.33. The molecule has 1 aromatic rings. The first-order chi connectivity index (χ1) is 11.3. The predicted octanol–water partition coefficient (Wildman–Crippen LogP) is 1.56. The van der Waals surface area contributed by atoms with E-state index in [1.165, 1.54) is 6.08 Å². The molecule has 4 amide bonds. The third-order valence-electron chi connectivity index (χ3n) is 3.58. The summed E-state index contributed by atoms with van der Waals surface area (Å²) in [5.74, 6) is -2.48. The Morgan fingerprint density at radius 1 is 1.38 bits per heavy atom. The van der Waals surface area contributed by atoms with Crippen LogP contribution in [0, 0.1) is 5.92 Å². The highest BCUT2D eigenvalue weighted by atomic mass is 16.2. The highest BCUT2D eigenvalue weighted by Gasteiger charge is 2.41. The number of barbiturate groups is 1. The van der Waals surface area contributed by atoms with Crippen molar-refractivity contribution in [3.05, 3.63) is 49.2 Å². The van der Waals surface area contributed by atoms with Gasteiger partial charge in [0, 0.05) is 37.7 Å². The van der Waals surface area contributed by atoms with E-state index in [0.29, 0.717) is 5.69 Å². The third-order valence-corrected chi connectivity index (χ3v) is 3.58. The number of nitrogens with one attached hydrogen (secondary N) is 2. The predicted molar refractivity (Wildman–Crippen MR) is 92.5 cm³/mol. The molecule has 1 atom stereocenters. The van der Waals surface area contributed by atoms with E-state index < -0.39 is 23.8 Å². The van der Waals surface area contributed by atoms with Gasteiger partial charge in [-0.05, 0) is 18.2 Å². The highest BCUT2D eigenvalue weighted by molar-refractivity contribution is 6.18. The van der Waals surface area contributed by atoms with Crippen LogP contribution in [-0.2, 0) is 9.59 Å². The van der Waals surface area contributed by atoms with Crippen molar-refractivity contribution in [1.82, 2.24) is 10.2 Å². The summed E-state index contributed by atoms with van der Waals surface area (Å²) in [6, 6.07) is 6.70. The van der Waals surface area contributed by atoms with E-state index in [9.17, 15) is 14.4 Å². The zero-order valence-corrected chi connectivity index (χ0v) is 13.7. The molecule has 1 aliphatic heterocycles. The summed E-state index contributed by atoms with van der Waals surface area (Å²) >= 11 is 0. The largest absolute Gasteiger partial charge is 0.378 e. The monoisotopic (exact) mass is 328 g/mol. The fourth-order valence-electron chi connectivity index (χ4n) is 2.34. The molecule has 1 saturated heterocycles. The average Bonchev–Trinajstić information content (AvgIpc) is 2.51. The number of amides is 4. The number of anilines is 2. The van der Waals surface area contributed by atoms with E-state index in [-0.39, 0.29) is 12.2 Å². The van der Waals surface area contributed by atoms with Gasteiger partial charge in [0.15, 0.2) is 5.92 Å². The van der Waals surface area contributed by atoms with Crippen molar-refractivity contribution in [2.45, 2.75) is 0 Å². The van der Waals surface area contributed by atoms with Crippen molar-refractivity contribution >= 4 is 29.2 Å². The first kappa shape index (κ1) is 17.3. The number of carbonyl (C=O) groups excluding carboxylic acids is 3. The minimum absolute atomic E-state index is 0.0256. The Morgan fingerprint density at radius 2 is 2.08 bits per heavy atom. The van der Waals surface area contributed by atoms with Gasteiger partial charge in [-0.3, -0.25) is 19.8 Å². The highest BCUT2D eigenvalue weighted by Crippen LogP contribution is 2.23. The molecule has 24 heavy (non-hydrogen) atoms. The van der Waals surface area contributed by atoms with Crippen LogP contribution in [0.15, 0.2) is 49.2 Å². The lowest BCUT2D eigenvalue weighted by atomic mass is 10.0. The number of carbonyl (C=O) groups is 3. The van der Waals surface area contributed by atoms with Crippen LogP contribution in [0.25, 0.3) is 0 Å². The third kappa shape index (κ3) is 3.45. The van der Waals surface area contributed by atoms with Gasteiger partial charge in [0.25, 0.3) is 0 Å². The minimum atomic E-state index is -1.18.